The lowest BCUT2D eigenvalue weighted by Gasteiger charge is -2.40. The molecule has 128 valence electrons. The van der Waals surface area contributed by atoms with Crippen molar-refractivity contribution in [2.75, 3.05) is 39.4 Å². The Morgan fingerprint density at radius 3 is 2.48 bits per heavy atom. The molecule has 4 heteroatoms. The largest absolute Gasteiger partial charge is 0.390 e. The molecule has 0 amide bonds. The van der Waals surface area contributed by atoms with Gasteiger partial charge in [0.05, 0.1) is 19.3 Å². The van der Waals surface area contributed by atoms with Crippen LogP contribution in [0.1, 0.15) is 37.7 Å². The van der Waals surface area contributed by atoms with Gasteiger partial charge in [-0.05, 0) is 18.4 Å². The summed E-state index contributed by atoms with van der Waals surface area (Å²) in [4.78, 5) is 2.30. The first-order chi connectivity index (χ1) is 11.3. The van der Waals surface area contributed by atoms with Crippen LogP contribution in [0.15, 0.2) is 30.3 Å². The van der Waals surface area contributed by atoms with Crippen molar-refractivity contribution < 1.29 is 9.84 Å². The number of hydrogen-bond acceptors (Lipinski definition) is 4. The molecule has 1 aliphatic heterocycles. The topological polar surface area (TPSA) is 44.7 Å². The van der Waals surface area contributed by atoms with Crippen LogP contribution in [0.2, 0.25) is 0 Å². The fraction of sp³-hybridized carbons (Fsp3) is 0.684. The highest BCUT2D eigenvalue weighted by atomic mass is 16.5. The number of morpholine rings is 1. The van der Waals surface area contributed by atoms with E-state index in [1.807, 2.05) is 0 Å². The number of β-amino-alcohol motifs (C(OH)–C–C–N with tert-alkyl or cyclic N) is 1. The first-order valence-electron chi connectivity index (χ1n) is 9.07. The van der Waals surface area contributed by atoms with Crippen LogP contribution in [0, 0.1) is 0 Å². The van der Waals surface area contributed by atoms with Crippen molar-refractivity contribution in [3.8, 4) is 0 Å². The van der Waals surface area contributed by atoms with Gasteiger partial charge in [0, 0.05) is 31.7 Å². The van der Waals surface area contributed by atoms with Gasteiger partial charge in [-0.15, -0.1) is 0 Å². The molecule has 1 saturated carbocycles. The fourth-order valence-corrected chi connectivity index (χ4v) is 3.94. The van der Waals surface area contributed by atoms with Crippen molar-refractivity contribution in [3.63, 3.8) is 0 Å². The van der Waals surface area contributed by atoms with Crippen molar-refractivity contribution in [2.24, 2.45) is 0 Å². The second kappa shape index (κ2) is 8.25. The van der Waals surface area contributed by atoms with E-state index in [1.165, 1.54) is 37.7 Å². The zero-order valence-electron chi connectivity index (χ0n) is 14.0. The summed E-state index contributed by atoms with van der Waals surface area (Å²) in [7, 11) is 0. The summed E-state index contributed by atoms with van der Waals surface area (Å²) in [6.07, 6.45) is 5.87. The van der Waals surface area contributed by atoms with Gasteiger partial charge in [0.25, 0.3) is 0 Å². The van der Waals surface area contributed by atoms with Crippen LogP contribution in [0.5, 0.6) is 0 Å². The normalized spacial score (nSPS) is 23.5. The third-order valence-corrected chi connectivity index (χ3v) is 5.28. The Labute approximate surface area is 139 Å². The molecule has 1 saturated heterocycles. The molecule has 0 radical (unpaired) electrons. The maximum absolute atomic E-state index is 10.4. The SMILES string of the molecule is OC(CNC1(c2ccccc2)CCCCC1)CN1CCOCC1. The predicted molar refractivity (Wildman–Crippen MR) is 92.5 cm³/mol. The molecular weight excluding hydrogens is 288 g/mol. The number of nitrogens with zero attached hydrogens (tertiary/aromatic N) is 1. The molecule has 1 unspecified atom stereocenters. The van der Waals surface area contributed by atoms with E-state index in [0.29, 0.717) is 6.54 Å². The Bertz CT molecular complexity index is 454. The average Bonchev–Trinajstić information content (AvgIpc) is 2.62. The molecule has 23 heavy (non-hydrogen) atoms. The number of ether oxygens (including phenoxy) is 1. The molecule has 3 rings (SSSR count). The molecule has 0 aromatic heterocycles. The predicted octanol–water partition coefficient (Wildman–Crippen LogP) is 2.13. The molecule has 1 aliphatic carbocycles. The number of aliphatic hydroxyl groups excluding tert-OH is 1. The summed E-state index contributed by atoms with van der Waals surface area (Å²) < 4.78 is 5.37. The second-order valence-corrected chi connectivity index (χ2v) is 6.96. The van der Waals surface area contributed by atoms with Gasteiger partial charge in [-0.2, -0.15) is 0 Å². The zero-order chi connectivity index (χ0) is 16.0. The molecule has 1 heterocycles. The Morgan fingerprint density at radius 2 is 1.78 bits per heavy atom. The van der Waals surface area contributed by atoms with Gasteiger partial charge < -0.3 is 15.2 Å². The summed E-state index contributed by atoms with van der Waals surface area (Å²) in [5.41, 5.74) is 1.42. The molecule has 2 fully saturated rings. The van der Waals surface area contributed by atoms with Gasteiger partial charge in [-0.3, -0.25) is 4.90 Å². The van der Waals surface area contributed by atoms with Gasteiger partial charge >= 0.3 is 0 Å². The maximum Gasteiger partial charge on any atom is 0.0791 e. The van der Waals surface area contributed by atoms with Crippen molar-refractivity contribution in [3.05, 3.63) is 35.9 Å². The minimum absolute atomic E-state index is 0.0471. The smallest absolute Gasteiger partial charge is 0.0791 e. The highest BCUT2D eigenvalue weighted by molar-refractivity contribution is 5.25. The summed E-state index contributed by atoms with van der Waals surface area (Å²) in [6.45, 7) is 4.83. The van der Waals surface area contributed by atoms with Crippen LogP contribution in [0.3, 0.4) is 0 Å². The summed E-state index contributed by atoms with van der Waals surface area (Å²) in [5, 5.41) is 14.2. The van der Waals surface area contributed by atoms with E-state index in [0.717, 1.165) is 32.8 Å². The molecule has 2 N–H and O–H groups in total. The average molecular weight is 318 g/mol. The number of aliphatic hydroxyl groups is 1. The van der Waals surface area contributed by atoms with Crippen molar-refractivity contribution in [1.29, 1.82) is 0 Å². The van der Waals surface area contributed by atoms with Crippen molar-refractivity contribution in [2.45, 2.75) is 43.7 Å². The van der Waals surface area contributed by atoms with Gasteiger partial charge in [0.15, 0.2) is 0 Å². The Hall–Kier alpha value is -0.940. The lowest BCUT2D eigenvalue weighted by Crippen LogP contribution is -2.50. The lowest BCUT2D eigenvalue weighted by molar-refractivity contribution is 0.0126. The van der Waals surface area contributed by atoms with Gasteiger partial charge in [0.2, 0.25) is 0 Å². The van der Waals surface area contributed by atoms with E-state index >= 15 is 0 Å². The van der Waals surface area contributed by atoms with Crippen molar-refractivity contribution >= 4 is 0 Å². The van der Waals surface area contributed by atoms with Gasteiger partial charge in [-0.1, -0.05) is 49.6 Å². The number of hydrogen-bond donors (Lipinski definition) is 2. The minimum Gasteiger partial charge on any atom is -0.390 e. The standard InChI is InChI=1S/C19H30N2O2/c22-18(16-21-11-13-23-14-12-21)15-20-19(9-5-2-6-10-19)17-7-3-1-4-8-17/h1,3-4,7-8,18,20,22H,2,5-6,9-16H2. The van der Waals surface area contributed by atoms with Gasteiger partial charge in [0.1, 0.15) is 0 Å². The third-order valence-electron chi connectivity index (χ3n) is 5.28. The van der Waals surface area contributed by atoms with Gasteiger partial charge in [-0.25, -0.2) is 0 Å². The van der Waals surface area contributed by atoms with E-state index < -0.39 is 0 Å². The van der Waals surface area contributed by atoms with Crippen LogP contribution in [-0.4, -0.2) is 55.5 Å². The lowest BCUT2D eigenvalue weighted by atomic mass is 9.76. The molecule has 0 bridgehead atoms. The summed E-state index contributed by atoms with van der Waals surface area (Å²) in [6, 6.07) is 10.8. The Balaban J connectivity index is 1.58. The Morgan fingerprint density at radius 1 is 1.09 bits per heavy atom. The molecule has 1 aromatic rings. The third kappa shape index (κ3) is 4.54. The highest BCUT2D eigenvalue weighted by Gasteiger charge is 2.33. The number of rotatable bonds is 6. The van der Waals surface area contributed by atoms with Crippen LogP contribution < -0.4 is 5.32 Å². The number of benzene rings is 1. The van der Waals surface area contributed by atoms with Crippen LogP contribution in [0.25, 0.3) is 0 Å². The Kier molecular flexibility index (Phi) is 6.06. The maximum atomic E-state index is 10.4. The summed E-state index contributed by atoms with van der Waals surface area (Å²) >= 11 is 0. The molecule has 4 nitrogen and oxygen atoms in total. The van der Waals surface area contributed by atoms with E-state index in [-0.39, 0.29) is 11.6 Å². The van der Waals surface area contributed by atoms with Crippen LogP contribution in [-0.2, 0) is 10.3 Å². The highest BCUT2D eigenvalue weighted by Crippen LogP contribution is 2.36. The first-order valence-corrected chi connectivity index (χ1v) is 9.07. The fourth-order valence-electron chi connectivity index (χ4n) is 3.94. The monoisotopic (exact) mass is 318 g/mol. The van der Waals surface area contributed by atoms with E-state index in [4.69, 9.17) is 4.74 Å². The zero-order valence-corrected chi connectivity index (χ0v) is 14.0. The number of nitrogens with one attached hydrogen (secondary N) is 1. The quantitative estimate of drug-likeness (QED) is 0.843. The minimum atomic E-state index is -0.324. The van der Waals surface area contributed by atoms with Crippen molar-refractivity contribution in [1.82, 2.24) is 10.2 Å². The molecule has 1 aromatic carbocycles. The molecule has 1 atom stereocenters. The van der Waals surface area contributed by atoms with E-state index in [2.05, 4.69) is 40.5 Å². The molecular formula is C19H30N2O2. The van der Waals surface area contributed by atoms with Crippen LogP contribution >= 0.6 is 0 Å². The molecule has 0 spiro atoms. The summed E-state index contributed by atoms with van der Waals surface area (Å²) in [5.74, 6) is 0. The molecule has 2 aliphatic rings. The second-order valence-electron chi connectivity index (χ2n) is 6.96. The first kappa shape index (κ1) is 16.9. The van der Waals surface area contributed by atoms with E-state index in [1.54, 1.807) is 0 Å². The van der Waals surface area contributed by atoms with E-state index in [9.17, 15) is 5.11 Å². The van der Waals surface area contributed by atoms with Crippen LogP contribution in [0.4, 0.5) is 0 Å².